The summed E-state index contributed by atoms with van der Waals surface area (Å²) in [6, 6.07) is 0. The zero-order valence-corrected chi connectivity index (χ0v) is 11.4. The number of carbonyl (C=O) groups is 2. The molecule has 6 nitrogen and oxygen atoms in total. The van der Waals surface area contributed by atoms with E-state index in [0.29, 0.717) is 32.4 Å². The Morgan fingerprint density at radius 2 is 1.74 bits per heavy atom. The van der Waals surface area contributed by atoms with Gasteiger partial charge in [-0.05, 0) is 12.8 Å². The molecule has 0 spiro atoms. The normalized spacial score (nSPS) is 22.4. The van der Waals surface area contributed by atoms with E-state index in [0.717, 1.165) is 32.7 Å². The van der Waals surface area contributed by atoms with Gasteiger partial charge >= 0.3 is 0 Å². The van der Waals surface area contributed by atoms with Crippen molar-refractivity contribution in [2.45, 2.75) is 19.3 Å². The first-order chi connectivity index (χ1) is 9.16. The molecule has 2 rings (SSSR count). The van der Waals surface area contributed by atoms with Crippen molar-refractivity contribution in [3.63, 3.8) is 0 Å². The van der Waals surface area contributed by atoms with Crippen LogP contribution in [0.1, 0.15) is 19.3 Å². The number of nitrogens with two attached hydrogens (primary N) is 1. The summed E-state index contributed by atoms with van der Waals surface area (Å²) >= 11 is 0. The van der Waals surface area contributed by atoms with Gasteiger partial charge in [0.05, 0.1) is 0 Å². The first kappa shape index (κ1) is 14.3. The van der Waals surface area contributed by atoms with E-state index in [9.17, 15) is 9.59 Å². The molecule has 0 aliphatic carbocycles. The summed E-state index contributed by atoms with van der Waals surface area (Å²) in [6.45, 7) is 6.27. The Balaban J connectivity index is 1.67. The van der Waals surface area contributed by atoms with Gasteiger partial charge in [0.25, 0.3) is 0 Å². The van der Waals surface area contributed by atoms with Crippen molar-refractivity contribution < 1.29 is 9.59 Å². The number of primary amides is 1. The monoisotopic (exact) mass is 268 g/mol. The lowest BCUT2D eigenvalue weighted by Gasteiger charge is -2.32. The van der Waals surface area contributed by atoms with E-state index in [1.54, 1.807) is 0 Å². The van der Waals surface area contributed by atoms with E-state index in [-0.39, 0.29) is 17.7 Å². The van der Waals surface area contributed by atoms with Crippen molar-refractivity contribution in [1.82, 2.24) is 15.1 Å². The molecule has 108 valence electrons. The van der Waals surface area contributed by atoms with Gasteiger partial charge in [0.15, 0.2) is 0 Å². The number of piperazine rings is 1. The average molecular weight is 268 g/mol. The molecule has 2 heterocycles. The highest BCUT2D eigenvalue weighted by Gasteiger charge is 2.25. The predicted molar refractivity (Wildman–Crippen MR) is 72.4 cm³/mol. The number of carbonyl (C=O) groups excluding carboxylic acids is 2. The smallest absolute Gasteiger partial charge is 0.223 e. The lowest BCUT2D eigenvalue weighted by molar-refractivity contribution is -0.135. The zero-order valence-electron chi connectivity index (χ0n) is 11.4. The fourth-order valence-corrected chi connectivity index (χ4v) is 2.76. The van der Waals surface area contributed by atoms with E-state index in [1.807, 2.05) is 4.90 Å². The second kappa shape index (κ2) is 6.86. The van der Waals surface area contributed by atoms with E-state index >= 15 is 0 Å². The minimum Gasteiger partial charge on any atom is -0.369 e. The summed E-state index contributed by atoms with van der Waals surface area (Å²) in [7, 11) is 0. The van der Waals surface area contributed by atoms with Crippen molar-refractivity contribution >= 4 is 11.8 Å². The Morgan fingerprint density at radius 3 is 2.32 bits per heavy atom. The van der Waals surface area contributed by atoms with Crippen molar-refractivity contribution in [2.75, 3.05) is 45.8 Å². The lowest BCUT2D eigenvalue weighted by Crippen LogP contribution is -2.46. The third-order valence-corrected chi connectivity index (χ3v) is 4.10. The highest BCUT2D eigenvalue weighted by atomic mass is 16.2. The van der Waals surface area contributed by atoms with Gasteiger partial charge in [-0.25, -0.2) is 0 Å². The van der Waals surface area contributed by atoms with E-state index in [1.165, 1.54) is 0 Å². The number of amides is 2. The van der Waals surface area contributed by atoms with Crippen LogP contribution in [0.2, 0.25) is 0 Å². The lowest BCUT2D eigenvalue weighted by atomic mass is 9.96. The third kappa shape index (κ3) is 4.18. The summed E-state index contributed by atoms with van der Waals surface area (Å²) in [5, 5.41) is 3.30. The Hall–Kier alpha value is -1.14. The molecule has 3 N–H and O–H groups in total. The summed E-state index contributed by atoms with van der Waals surface area (Å²) < 4.78 is 0. The average Bonchev–Trinajstić information content (AvgIpc) is 2.46. The van der Waals surface area contributed by atoms with Gasteiger partial charge in [0.2, 0.25) is 11.8 Å². The van der Waals surface area contributed by atoms with Gasteiger partial charge < -0.3 is 20.9 Å². The summed E-state index contributed by atoms with van der Waals surface area (Å²) in [5.41, 5.74) is 5.29. The fraction of sp³-hybridized carbons (Fsp3) is 0.846. The fourth-order valence-electron chi connectivity index (χ4n) is 2.76. The van der Waals surface area contributed by atoms with Crippen LogP contribution < -0.4 is 11.1 Å². The SMILES string of the molecule is NC(=O)C1CCN(C(=O)CCN2CCNCC2)CC1. The molecule has 0 aromatic rings. The Labute approximate surface area is 114 Å². The van der Waals surface area contributed by atoms with Crippen molar-refractivity contribution in [1.29, 1.82) is 0 Å². The van der Waals surface area contributed by atoms with Crippen LogP contribution in [0.3, 0.4) is 0 Å². The molecule has 0 atom stereocenters. The standard InChI is InChI=1S/C13H24N4O2/c14-13(19)11-1-7-17(8-2-11)12(18)3-6-16-9-4-15-5-10-16/h11,15H,1-10H2,(H2,14,19). The maximum Gasteiger partial charge on any atom is 0.223 e. The van der Waals surface area contributed by atoms with E-state index < -0.39 is 0 Å². The molecular formula is C13H24N4O2. The topological polar surface area (TPSA) is 78.7 Å². The number of nitrogens with one attached hydrogen (secondary N) is 1. The van der Waals surface area contributed by atoms with E-state index in [2.05, 4.69) is 10.2 Å². The molecule has 2 aliphatic heterocycles. The number of likely N-dealkylation sites (tertiary alicyclic amines) is 1. The van der Waals surface area contributed by atoms with Gasteiger partial charge in [-0.2, -0.15) is 0 Å². The molecule has 0 unspecified atom stereocenters. The predicted octanol–water partition coefficient (Wildman–Crippen LogP) is -0.994. The van der Waals surface area contributed by atoms with Gasteiger partial charge in [0.1, 0.15) is 0 Å². The van der Waals surface area contributed by atoms with Crippen LogP contribution >= 0.6 is 0 Å². The third-order valence-electron chi connectivity index (χ3n) is 4.10. The van der Waals surface area contributed by atoms with Gasteiger partial charge in [-0.15, -0.1) is 0 Å². The van der Waals surface area contributed by atoms with Gasteiger partial charge in [-0.3, -0.25) is 9.59 Å². The first-order valence-electron chi connectivity index (χ1n) is 7.17. The molecule has 2 aliphatic rings. The summed E-state index contributed by atoms with van der Waals surface area (Å²) in [6.07, 6.45) is 2.02. The maximum atomic E-state index is 12.1. The van der Waals surface area contributed by atoms with Crippen LogP contribution in [0.5, 0.6) is 0 Å². The minimum absolute atomic E-state index is 0.0442. The van der Waals surface area contributed by atoms with Crippen LogP contribution in [0.25, 0.3) is 0 Å². The number of nitrogens with zero attached hydrogens (tertiary/aromatic N) is 2. The van der Waals surface area contributed by atoms with Crippen LogP contribution in [0.4, 0.5) is 0 Å². The molecule has 19 heavy (non-hydrogen) atoms. The Kier molecular flexibility index (Phi) is 5.15. The number of hydrogen-bond acceptors (Lipinski definition) is 4. The van der Waals surface area contributed by atoms with Gasteiger partial charge in [0, 0.05) is 58.2 Å². The van der Waals surface area contributed by atoms with Crippen molar-refractivity contribution in [3.05, 3.63) is 0 Å². The number of rotatable bonds is 4. The van der Waals surface area contributed by atoms with Crippen LogP contribution in [0.15, 0.2) is 0 Å². The van der Waals surface area contributed by atoms with E-state index in [4.69, 9.17) is 5.73 Å². The molecule has 2 fully saturated rings. The molecule has 0 saturated carbocycles. The second-order valence-electron chi connectivity index (χ2n) is 5.40. The highest BCUT2D eigenvalue weighted by Crippen LogP contribution is 2.17. The molecular weight excluding hydrogens is 244 g/mol. The quantitative estimate of drug-likeness (QED) is 0.686. The van der Waals surface area contributed by atoms with Crippen LogP contribution in [0, 0.1) is 5.92 Å². The summed E-state index contributed by atoms with van der Waals surface area (Å²) in [4.78, 5) is 27.4. The Bertz CT molecular complexity index is 321. The highest BCUT2D eigenvalue weighted by molar-refractivity contribution is 5.78. The van der Waals surface area contributed by atoms with Crippen molar-refractivity contribution in [3.8, 4) is 0 Å². The van der Waals surface area contributed by atoms with Crippen LogP contribution in [-0.4, -0.2) is 67.4 Å². The summed E-state index contributed by atoms with van der Waals surface area (Å²) in [5.74, 6) is -0.0633. The van der Waals surface area contributed by atoms with Gasteiger partial charge in [-0.1, -0.05) is 0 Å². The number of hydrogen-bond donors (Lipinski definition) is 2. The van der Waals surface area contributed by atoms with Crippen molar-refractivity contribution in [2.24, 2.45) is 11.7 Å². The molecule has 0 aromatic carbocycles. The molecule has 6 heteroatoms. The maximum absolute atomic E-state index is 12.1. The van der Waals surface area contributed by atoms with Crippen LogP contribution in [-0.2, 0) is 9.59 Å². The number of piperidine rings is 1. The molecule has 2 amide bonds. The first-order valence-corrected chi connectivity index (χ1v) is 7.17. The Morgan fingerprint density at radius 1 is 1.11 bits per heavy atom. The largest absolute Gasteiger partial charge is 0.369 e. The molecule has 0 bridgehead atoms. The zero-order chi connectivity index (χ0) is 13.7. The molecule has 0 radical (unpaired) electrons. The second-order valence-corrected chi connectivity index (χ2v) is 5.40. The molecule has 2 saturated heterocycles. The molecule has 0 aromatic heterocycles. The minimum atomic E-state index is -0.229.